The van der Waals surface area contributed by atoms with E-state index in [0.29, 0.717) is 16.9 Å². The number of anilines is 2. The number of carbonyl (C=O) groups is 2. The number of rotatable bonds is 4. The summed E-state index contributed by atoms with van der Waals surface area (Å²) in [4.78, 5) is 22.1. The SMILES string of the molecule is NC(=O)c1c(C=O)csc1Nc1ccccc1. The molecule has 4 nitrogen and oxygen atoms in total. The van der Waals surface area contributed by atoms with E-state index >= 15 is 0 Å². The number of hydrogen-bond donors (Lipinski definition) is 2. The highest BCUT2D eigenvalue weighted by molar-refractivity contribution is 7.15. The number of para-hydroxylation sites is 1. The predicted molar refractivity (Wildman–Crippen MR) is 67.9 cm³/mol. The van der Waals surface area contributed by atoms with Gasteiger partial charge in [-0.15, -0.1) is 11.3 Å². The van der Waals surface area contributed by atoms with Crippen molar-refractivity contribution in [2.24, 2.45) is 5.73 Å². The zero-order chi connectivity index (χ0) is 12.3. The molecule has 1 aromatic heterocycles. The van der Waals surface area contributed by atoms with Crippen LogP contribution in [-0.4, -0.2) is 12.2 Å². The Labute approximate surface area is 102 Å². The first kappa shape index (κ1) is 11.3. The van der Waals surface area contributed by atoms with Gasteiger partial charge in [0.25, 0.3) is 5.91 Å². The van der Waals surface area contributed by atoms with Gasteiger partial charge in [0, 0.05) is 16.6 Å². The maximum atomic E-state index is 11.3. The summed E-state index contributed by atoms with van der Waals surface area (Å²) < 4.78 is 0. The van der Waals surface area contributed by atoms with E-state index in [1.807, 2.05) is 30.3 Å². The van der Waals surface area contributed by atoms with Crippen LogP contribution in [0.15, 0.2) is 35.7 Å². The van der Waals surface area contributed by atoms with Crippen LogP contribution >= 0.6 is 11.3 Å². The maximum absolute atomic E-state index is 11.3. The topological polar surface area (TPSA) is 72.2 Å². The Morgan fingerprint density at radius 2 is 2.00 bits per heavy atom. The van der Waals surface area contributed by atoms with Gasteiger partial charge < -0.3 is 11.1 Å². The molecule has 0 atom stereocenters. The summed E-state index contributed by atoms with van der Waals surface area (Å²) in [6.07, 6.45) is 0.632. The second kappa shape index (κ2) is 4.80. The molecule has 1 amide bonds. The molecule has 0 unspecified atom stereocenters. The normalized spacial score (nSPS) is 9.88. The highest BCUT2D eigenvalue weighted by Crippen LogP contribution is 2.29. The molecule has 3 N–H and O–H groups in total. The second-order valence-corrected chi connectivity index (χ2v) is 4.25. The Morgan fingerprint density at radius 1 is 1.29 bits per heavy atom. The van der Waals surface area contributed by atoms with Gasteiger partial charge >= 0.3 is 0 Å². The minimum Gasteiger partial charge on any atom is -0.365 e. The van der Waals surface area contributed by atoms with Crippen molar-refractivity contribution in [3.05, 3.63) is 46.8 Å². The van der Waals surface area contributed by atoms with E-state index in [1.54, 1.807) is 5.38 Å². The fourth-order valence-corrected chi connectivity index (χ4v) is 2.39. The van der Waals surface area contributed by atoms with Crippen molar-refractivity contribution in [2.75, 3.05) is 5.32 Å². The molecule has 0 radical (unpaired) electrons. The van der Waals surface area contributed by atoms with Crippen LogP contribution in [0.1, 0.15) is 20.7 Å². The maximum Gasteiger partial charge on any atom is 0.252 e. The first-order valence-electron chi connectivity index (χ1n) is 4.91. The van der Waals surface area contributed by atoms with Crippen molar-refractivity contribution in [3.63, 3.8) is 0 Å². The zero-order valence-corrected chi connectivity index (χ0v) is 9.66. The van der Waals surface area contributed by atoms with Crippen molar-refractivity contribution in [1.29, 1.82) is 0 Å². The summed E-state index contributed by atoms with van der Waals surface area (Å²) in [7, 11) is 0. The molecule has 2 rings (SSSR count). The van der Waals surface area contributed by atoms with E-state index in [4.69, 9.17) is 5.73 Å². The number of nitrogens with two attached hydrogens (primary N) is 1. The average molecular weight is 246 g/mol. The number of amides is 1. The van der Waals surface area contributed by atoms with Crippen molar-refractivity contribution >= 4 is 34.2 Å². The summed E-state index contributed by atoms with van der Waals surface area (Å²) in [6, 6.07) is 9.38. The standard InChI is InChI=1S/C12H10N2O2S/c13-11(16)10-8(6-15)7-17-12(10)14-9-4-2-1-3-5-9/h1-7,14H,(H2,13,16). The second-order valence-electron chi connectivity index (χ2n) is 3.37. The highest BCUT2D eigenvalue weighted by atomic mass is 32.1. The lowest BCUT2D eigenvalue weighted by atomic mass is 10.2. The first-order chi connectivity index (χ1) is 8.22. The van der Waals surface area contributed by atoms with Crippen LogP contribution < -0.4 is 11.1 Å². The molecule has 0 fully saturated rings. The molecule has 0 aliphatic carbocycles. The van der Waals surface area contributed by atoms with Gasteiger partial charge in [-0.05, 0) is 12.1 Å². The molecule has 0 aliphatic heterocycles. The number of aldehydes is 1. The van der Waals surface area contributed by atoms with E-state index in [2.05, 4.69) is 5.32 Å². The minimum absolute atomic E-state index is 0.244. The van der Waals surface area contributed by atoms with Crippen molar-refractivity contribution in [1.82, 2.24) is 0 Å². The van der Waals surface area contributed by atoms with Crippen LogP contribution in [0.4, 0.5) is 10.7 Å². The van der Waals surface area contributed by atoms with E-state index in [9.17, 15) is 9.59 Å². The number of nitrogens with one attached hydrogen (secondary N) is 1. The van der Waals surface area contributed by atoms with E-state index < -0.39 is 5.91 Å². The third-order valence-electron chi connectivity index (χ3n) is 2.22. The third kappa shape index (κ3) is 2.34. The van der Waals surface area contributed by atoms with Crippen LogP contribution in [-0.2, 0) is 0 Å². The van der Waals surface area contributed by atoms with Crippen LogP contribution in [0.3, 0.4) is 0 Å². The van der Waals surface area contributed by atoms with Gasteiger partial charge in [-0.3, -0.25) is 9.59 Å². The Balaban J connectivity index is 2.37. The van der Waals surface area contributed by atoms with Crippen molar-refractivity contribution in [2.45, 2.75) is 0 Å². The number of carbonyl (C=O) groups excluding carboxylic acids is 2. The third-order valence-corrected chi connectivity index (χ3v) is 3.14. The molecular formula is C12H10N2O2S. The Kier molecular flexibility index (Phi) is 3.20. The van der Waals surface area contributed by atoms with Crippen molar-refractivity contribution in [3.8, 4) is 0 Å². The summed E-state index contributed by atoms with van der Waals surface area (Å²) in [5.41, 5.74) is 6.66. The van der Waals surface area contributed by atoms with E-state index in [1.165, 1.54) is 11.3 Å². The van der Waals surface area contributed by atoms with E-state index in [-0.39, 0.29) is 5.56 Å². The van der Waals surface area contributed by atoms with Crippen LogP contribution in [0.25, 0.3) is 0 Å². The fourth-order valence-electron chi connectivity index (χ4n) is 1.46. The lowest BCUT2D eigenvalue weighted by Crippen LogP contribution is -2.13. The van der Waals surface area contributed by atoms with Gasteiger partial charge in [0.15, 0.2) is 6.29 Å². The molecular weight excluding hydrogens is 236 g/mol. The number of hydrogen-bond acceptors (Lipinski definition) is 4. The molecule has 2 aromatic rings. The van der Waals surface area contributed by atoms with Gasteiger partial charge in [-0.1, -0.05) is 18.2 Å². The van der Waals surface area contributed by atoms with Gasteiger partial charge in [-0.25, -0.2) is 0 Å². The lowest BCUT2D eigenvalue weighted by molar-refractivity contribution is 0.0994. The summed E-state index contributed by atoms with van der Waals surface area (Å²) in [5, 5.41) is 5.27. The number of primary amides is 1. The average Bonchev–Trinajstić information content (AvgIpc) is 2.73. The van der Waals surface area contributed by atoms with Gasteiger partial charge in [-0.2, -0.15) is 0 Å². The molecule has 5 heteroatoms. The Bertz CT molecular complexity index is 549. The molecule has 17 heavy (non-hydrogen) atoms. The monoisotopic (exact) mass is 246 g/mol. The van der Waals surface area contributed by atoms with Crippen LogP contribution in [0.2, 0.25) is 0 Å². The smallest absolute Gasteiger partial charge is 0.252 e. The summed E-state index contributed by atoms with van der Waals surface area (Å²) in [6.45, 7) is 0. The minimum atomic E-state index is -0.605. The fraction of sp³-hybridized carbons (Fsp3) is 0. The predicted octanol–water partition coefficient (Wildman–Crippen LogP) is 2.40. The molecule has 86 valence electrons. The Morgan fingerprint density at radius 3 is 2.59 bits per heavy atom. The largest absolute Gasteiger partial charge is 0.365 e. The molecule has 0 saturated heterocycles. The van der Waals surface area contributed by atoms with Gasteiger partial charge in [0.05, 0.1) is 5.56 Å². The molecule has 0 aliphatic rings. The van der Waals surface area contributed by atoms with Crippen LogP contribution in [0, 0.1) is 0 Å². The Hall–Kier alpha value is -2.14. The molecule has 1 heterocycles. The first-order valence-corrected chi connectivity index (χ1v) is 5.79. The summed E-state index contributed by atoms with van der Waals surface area (Å²) in [5.74, 6) is -0.605. The quantitative estimate of drug-likeness (QED) is 0.814. The van der Waals surface area contributed by atoms with Gasteiger partial charge in [0.1, 0.15) is 5.00 Å². The lowest BCUT2D eigenvalue weighted by Gasteiger charge is -2.05. The van der Waals surface area contributed by atoms with Crippen LogP contribution in [0.5, 0.6) is 0 Å². The molecule has 0 bridgehead atoms. The summed E-state index contributed by atoms with van der Waals surface area (Å²) >= 11 is 1.28. The zero-order valence-electron chi connectivity index (χ0n) is 8.84. The highest BCUT2D eigenvalue weighted by Gasteiger charge is 2.16. The van der Waals surface area contributed by atoms with Gasteiger partial charge in [0.2, 0.25) is 0 Å². The molecule has 1 aromatic carbocycles. The number of thiophene rings is 1. The van der Waals surface area contributed by atoms with Crippen molar-refractivity contribution < 1.29 is 9.59 Å². The number of benzene rings is 1. The molecule has 0 spiro atoms. The molecule has 0 saturated carbocycles. The van der Waals surface area contributed by atoms with E-state index in [0.717, 1.165) is 5.69 Å².